The van der Waals surface area contributed by atoms with Crippen LogP contribution in [0.15, 0.2) is 0 Å². The number of rotatable bonds is 1. The summed E-state index contributed by atoms with van der Waals surface area (Å²) in [7, 11) is 0. The fourth-order valence-corrected chi connectivity index (χ4v) is 2.89. The molecule has 2 saturated carbocycles. The van der Waals surface area contributed by atoms with Gasteiger partial charge >= 0.3 is 5.97 Å². The topological polar surface area (TPSA) is 38.8 Å². The number of carbonyl (C=O) groups excluding carboxylic acids is 1. The Labute approximate surface area is 71.0 Å². The molecule has 2 bridgehead atoms. The summed E-state index contributed by atoms with van der Waals surface area (Å²) in [5.41, 5.74) is 0. The van der Waals surface area contributed by atoms with Crippen molar-refractivity contribution in [2.75, 3.05) is 0 Å². The van der Waals surface area contributed by atoms with E-state index < -0.39 is 0 Å². The molecule has 3 heteroatoms. The number of hydrogen-bond acceptors (Lipinski definition) is 3. The van der Waals surface area contributed by atoms with Crippen molar-refractivity contribution in [3.05, 3.63) is 0 Å². The van der Waals surface area contributed by atoms with Gasteiger partial charge in [0.05, 0.1) is 12.2 Å². The van der Waals surface area contributed by atoms with Gasteiger partial charge in [0.1, 0.15) is 6.10 Å². The molecule has 3 fully saturated rings. The van der Waals surface area contributed by atoms with Crippen LogP contribution in [0, 0.1) is 11.8 Å². The Balaban J connectivity index is 1.72. The molecule has 0 amide bonds. The van der Waals surface area contributed by atoms with Crippen molar-refractivity contribution in [3.8, 4) is 0 Å². The maximum atomic E-state index is 10.7. The normalized spacial score (nSPS) is 53.6. The highest BCUT2D eigenvalue weighted by Gasteiger charge is 2.64. The molecule has 0 unspecified atom stereocenters. The number of ether oxygens (including phenoxy) is 2. The molecule has 0 aromatic rings. The minimum Gasteiger partial charge on any atom is -0.462 e. The molecule has 0 spiro atoms. The van der Waals surface area contributed by atoms with Gasteiger partial charge in [-0.3, -0.25) is 4.79 Å². The Morgan fingerprint density at radius 1 is 1.42 bits per heavy atom. The number of esters is 1. The Morgan fingerprint density at radius 3 is 2.83 bits per heavy atom. The lowest BCUT2D eigenvalue weighted by molar-refractivity contribution is -0.148. The first-order valence-electron chi connectivity index (χ1n) is 4.58. The zero-order valence-corrected chi connectivity index (χ0v) is 7.03. The van der Waals surface area contributed by atoms with E-state index in [-0.39, 0.29) is 12.1 Å². The van der Waals surface area contributed by atoms with Gasteiger partial charge in [-0.15, -0.1) is 0 Å². The smallest absolute Gasteiger partial charge is 0.302 e. The van der Waals surface area contributed by atoms with E-state index in [0.29, 0.717) is 24.0 Å². The van der Waals surface area contributed by atoms with Crippen LogP contribution in [0.4, 0.5) is 0 Å². The molecule has 1 aliphatic heterocycles. The minimum absolute atomic E-state index is 0.148. The average molecular weight is 168 g/mol. The van der Waals surface area contributed by atoms with Gasteiger partial charge < -0.3 is 9.47 Å². The lowest BCUT2D eigenvalue weighted by Gasteiger charge is -2.18. The Hall–Kier alpha value is -0.570. The minimum atomic E-state index is -0.148. The molecule has 0 aromatic carbocycles. The van der Waals surface area contributed by atoms with Crippen molar-refractivity contribution < 1.29 is 14.3 Å². The summed E-state index contributed by atoms with van der Waals surface area (Å²) >= 11 is 0. The van der Waals surface area contributed by atoms with Crippen LogP contribution < -0.4 is 0 Å². The van der Waals surface area contributed by atoms with Crippen LogP contribution in [0.5, 0.6) is 0 Å². The van der Waals surface area contributed by atoms with E-state index in [1.54, 1.807) is 0 Å². The molecule has 3 nitrogen and oxygen atoms in total. The largest absolute Gasteiger partial charge is 0.462 e. The predicted molar refractivity (Wildman–Crippen MR) is 40.4 cm³/mol. The highest BCUT2D eigenvalue weighted by atomic mass is 16.6. The van der Waals surface area contributed by atoms with Crippen LogP contribution in [0.1, 0.15) is 19.8 Å². The summed E-state index contributed by atoms with van der Waals surface area (Å²) in [5, 5.41) is 0. The van der Waals surface area contributed by atoms with E-state index in [1.165, 1.54) is 13.3 Å². The highest BCUT2D eigenvalue weighted by Crippen LogP contribution is 2.57. The molecule has 3 rings (SSSR count). The van der Waals surface area contributed by atoms with Gasteiger partial charge in [0, 0.05) is 12.8 Å². The van der Waals surface area contributed by atoms with E-state index in [1.807, 2.05) is 0 Å². The highest BCUT2D eigenvalue weighted by molar-refractivity contribution is 5.66. The molecular weight excluding hydrogens is 156 g/mol. The molecule has 0 N–H and O–H groups in total. The van der Waals surface area contributed by atoms with Crippen LogP contribution in [0.3, 0.4) is 0 Å². The summed E-state index contributed by atoms with van der Waals surface area (Å²) in [6, 6.07) is 0. The SMILES string of the molecule is CC(=O)O[C@H]1C[C@H]2C[C@@H]1[C@@H]1O[C@H]21. The standard InChI is InChI=1S/C9H12O3/c1-4(10)11-7-3-5-2-6(7)9-8(5)12-9/h5-9H,2-3H2,1H3/t5-,6+,7+,8-,9+/m1/s1. The molecule has 3 aliphatic rings. The summed E-state index contributed by atoms with van der Waals surface area (Å²) in [6.45, 7) is 1.48. The van der Waals surface area contributed by atoms with Crippen LogP contribution in [0.2, 0.25) is 0 Å². The summed E-state index contributed by atoms with van der Waals surface area (Å²) < 4.78 is 10.7. The molecule has 12 heavy (non-hydrogen) atoms. The summed E-state index contributed by atoms with van der Waals surface area (Å²) in [5.74, 6) is 1.05. The molecule has 1 heterocycles. The van der Waals surface area contributed by atoms with Gasteiger partial charge in [-0.1, -0.05) is 0 Å². The van der Waals surface area contributed by atoms with E-state index in [2.05, 4.69) is 0 Å². The first-order valence-corrected chi connectivity index (χ1v) is 4.58. The first-order chi connectivity index (χ1) is 5.75. The van der Waals surface area contributed by atoms with E-state index in [4.69, 9.17) is 9.47 Å². The number of fused-ring (bicyclic) bond motifs is 5. The first kappa shape index (κ1) is 6.89. The molecule has 2 aliphatic carbocycles. The summed E-state index contributed by atoms with van der Waals surface area (Å²) in [4.78, 5) is 10.7. The zero-order chi connectivity index (χ0) is 8.29. The van der Waals surface area contributed by atoms with Crippen molar-refractivity contribution >= 4 is 5.97 Å². The van der Waals surface area contributed by atoms with Crippen LogP contribution >= 0.6 is 0 Å². The van der Waals surface area contributed by atoms with Crippen molar-refractivity contribution in [2.45, 2.75) is 38.1 Å². The Kier molecular flexibility index (Phi) is 1.16. The maximum absolute atomic E-state index is 10.7. The van der Waals surface area contributed by atoms with Gasteiger partial charge in [-0.2, -0.15) is 0 Å². The zero-order valence-electron chi connectivity index (χ0n) is 7.03. The van der Waals surface area contributed by atoms with Crippen molar-refractivity contribution in [1.82, 2.24) is 0 Å². The van der Waals surface area contributed by atoms with Crippen molar-refractivity contribution in [1.29, 1.82) is 0 Å². The second-order valence-electron chi connectivity index (χ2n) is 4.11. The van der Waals surface area contributed by atoms with Gasteiger partial charge in [0.2, 0.25) is 0 Å². The van der Waals surface area contributed by atoms with E-state index in [0.717, 1.165) is 6.42 Å². The van der Waals surface area contributed by atoms with E-state index >= 15 is 0 Å². The second kappa shape index (κ2) is 2.02. The third-order valence-corrected chi connectivity index (χ3v) is 3.35. The van der Waals surface area contributed by atoms with Crippen LogP contribution in [-0.2, 0) is 14.3 Å². The van der Waals surface area contributed by atoms with Crippen molar-refractivity contribution in [3.63, 3.8) is 0 Å². The monoisotopic (exact) mass is 168 g/mol. The molecular formula is C9H12O3. The third-order valence-electron chi connectivity index (χ3n) is 3.35. The number of carbonyl (C=O) groups is 1. The predicted octanol–water partition coefficient (Wildman–Crippen LogP) is 0.725. The Morgan fingerprint density at radius 2 is 2.25 bits per heavy atom. The lowest BCUT2D eigenvalue weighted by Crippen LogP contribution is -2.27. The van der Waals surface area contributed by atoms with Gasteiger partial charge in [-0.25, -0.2) is 0 Å². The Bertz CT molecular complexity index is 238. The van der Waals surface area contributed by atoms with Crippen LogP contribution in [0.25, 0.3) is 0 Å². The quantitative estimate of drug-likeness (QED) is 0.428. The summed E-state index contributed by atoms with van der Waals surface area (Å²) in [6.07, 6.45) is 3.38. The average Bonchev–Trinajstić information content (AvgIpc) is 2.61. The van der Waals surface area contributed by atoms with Crippen molar-refractivity contribution in [2.24, 2.45) is 11.8 Å². The maximum Gasteiger partial charge on any atom is 0.302 e. The second-order valence-corrected chi connectivity index (χ2v) is 4.11. The lowest BCUT2D eigenvalue weighted by atomic mass is 9.98. The molecule has 5 atom stereocenters. The molecule has 0 aromatic heterocycles. The molecule has 66 valence electrons. The van der Waals surface area contributed by atoms with E-state index in [9.17, 15) is 4.79 Å². The van der Waals surface area contributed by atoms with Gasteiger partial charge in [0.25, 0.3) is 0 Å². The molecule has 0 radical (unpaired) electrons. The third kappa shape index (κ3) is 0.774. The van der Waals surface area contributed by atoms with Gasteiger partial charge in [-0.05, 0) is 18.8 Å². The number of epoxide rings is 1. The van der Waals surface area contributed by atoms with Gasteiger partial charge in [0.15, 0.2) is 0 Å². The fourth-order valence-electron chi connectivity index (χ4n) is 2.89. The number of hydrogen-bond donors (Lipinski definition) is 0. The fraction of sp³-hybridized carbons (Fsp3) is 0.889. The van der Waals surface area contributed by atoms with Crippen LogP contribution in [-0.4, -0.2) is 24.3 Å². The molecule has 1 saturated heterocycles.